The number of benzene rings is 2. The third kappa shape index (κ3) is 3.25. The van der Waals surface area contributed by atoms with Crippen LogP contribution >= 0.6 is 0 Å². The summed E-state index contributed by atoms with van der Waals surface area (Å²) in [4.78, 5) is 22.2. The molecule has 0 saturated carbocycles. The number of carbonyl (C=O) groups excluding carboxylic acids is 1. The molecule has 19 heavy (non-hydrogen) atoms. The highest BCUT2D eigenvalue weighted by Crippen LogP contribution is 2.21. The highest BCUT2D eigenvalue weighted by molar-refractivity contribution is 6.06. The molecule has 0 radical (unpaired) electrons. The van der Waals surface area contributed by atoms with Gasteiger partial charge in [-0.1, -0.05) is 30.3 Å². The zero-order valence-electron chi connectivity index (χ0n) is 9.97. The van der Waals surface area contributed by atoms with E-state index in [2.05, 4.69) is 0 Å². The molecule has 0 aliphatic heterocycles. The van der Waals surface area contributed by atoms with E-state index in [4.69, 9.17) is 5.11 Å². The van der Waals surface area contributed by atoms with Crippen molar-refractivity contribution in [2.24, 2.45) is 0 Å². The largest absolute Gasteiger partial charge is 0.481 e. The average Bonchev–Trinajstić information content (AvgIpc) is 2.39. The Morgan fingerprint density at radius 3 is 2.32 bits per heavy atom. The lowest BCUT2D eigenvalue weighted by atomic mass is 10.0. The lowest BCUT2D eigenvalue weighted by Crippen LogP contribution is -2.06. The second-order valence-corrected chi connectivity index (χ2v) is 4.08. The molecule has 2 aromatic rings. The molecule has 0 atom stereocenters. The van der Waals surface area contributed by atoms with Gasteiger partial charge in [0.05, 0.1) is 0 Å². The van der Waals surface area contributed by atoms with Gasteiger partial charge in [-0.3, -0.25) is 9.59 Å². The Morgan fingerprint density at radius 1 is 1.00 bits per heavy atom. The van der Waals surface area contributed by atoms with Crippen LogP contribution in [0.2, 0.25) is 0 Å². The maximum Gasteiger partial charge on any atom is 0.311 e. The number of hydrogen-bond acceptors (Lipinski definition) is 2. The van der Waals surface area contributed by atoms with Crippen LogP contribution in [0.3, 0.4) is 0 Å². The van der Waals surface area contributed by atoms with Crippen LogP contribution in [0.5, 0.6) is 0 Å². The van der Waals surface area contributed by atoms with Crippen LogP contribution in [0.1, 0.15) is 16.8 Å². The fraction of sp³-hybridized carbons (Fsp3) is 0.0667. The lowest BCUT2D eigenvalue weighted by Gasteiger charge is -2.04. The molecule has 0 unspecified atom stereocenters. The number of ketones is 1. The van der Waals surface area contributed by atoms with Crippen LogP contribution < -0.4 is 0 Å². The number of rotatable bonds is 4. The Balaban J connectivity index is 2.31. The van der Waals surface area contributed by atoms with E-state index in [1.165, 1.54) is 12.1 Å². The summed E-state index contributed by atoms with van der Waals surface area (Å²) in [7, 11) is 0. The molecular weight excluding hydrogens is 247 g/mol. The van der Waals surface area contributed by atoms with E-state index in [0.717, 1.165) is 11.1 Å². The van der Waals surface area contributed by atoms with E-state index in [9.17, 15) is 14.0 Å². The highest BCUT2D eigenvalue weighted by atomic mass is 19.1. The van der Waals surface area contributed by atoms with E-state index >= 15 is 0 Å². The van der Waals surface area contributed by atoms with Gasteiger partial charge in [0.2, 0.25) is 0 Å². The van der Waals surface area contributed by atoms with Crippen molar-refractivity contribution in [2.75, 3.05) is 0 Å². The van der Waals surface area contributed by atoms with Gasteiger partial charge in [-0.25, -0.2) is 4.39 Å². The van der Waals surface area contributed by atoms with Gasteiger partial charge < -0.3 is 5.11 Å². The predicted octanol–water partition coefficient (Wildman–Crippen LogP) is 3.15. The summed E-state index contributed by atoms with van der Waals surface area (Å²) in [5.74, 6) is -1.93. The predicted molar refractivity (Wildman–Crippen MR) is 68.4 cm³/mol. The second kappa shape index (κ2) is 5.44. The van der Waals surface area contributed by atoms with Crippen molar-refractivity contribution >= 4 is 11.8 Å². The summed E-state index contributed by atoms with van der Waals surface area (Å²) in [6.07, 6.45) is -0.535. The van der Waals surface area contributed by atoms with Crippen molar-refractivity contribution in [3.63, 3.8) is 0 Å². The standard InChI is InChI=1S/C15H11FO3/c16-13-6-4-10(5-7-13)11-2-1-3-12(8-11)14(17)9-15(18)19/h1-8H,9H2,(H,18,19). The van der Waals surface area contributed by atoms with Crippen molar-refractivity contribution in [2.45, 2.75) is 6.42 Å². The minimum absolute atomic E-state index is 0.332. The maximum absolute atomic E-state index is 12.8. The summed E-state index contributed by atoms with van der Waals surface area (Å²) in [5.41, 5.74) is 1.85. The highest BCUT2D eigenvalue weighted by Gasteiger charge is 2.11. The Hall–Kier alpha value is -2.49. The zero-order valence-corrected chi connectivity index (χ0v) is 9.97. The molecule has 0 fully saturated rings. The molecule has 1 N–H and O–H groups in total. The number of carbonyl (C=O) groups is 2. The van der Waals surface area contributed by atoms with Gasteiger partial charge >= 0.3 is 5.97 Å². The molecule has 0 aliphatic rings. The van der Waals surface area contributed by atoms with Crippen molar-refractivity contribution in [3.8, 4) is 11.1 Å². The minimum atomic E-state index is -1.16. The smallest absolute Gasteiger partial charge is 0.311 e. The number of hydrogen-bond donors (Lipinski definition) is 1. The van der Waals surface area contributed by atoms with E-state index in [-0.39, 0.29) is 5.82 Å². The molecule has 0 spiro atoms. The summed E-state index contributed by atoms with van der Waals surface area (Å²) in [6, 6.07) is 12.5. The maximum atomic E-state index is 12.8. The second-order valence-electron chi connectivity index (χ2n) is 4.08. The first-order valence-electron chi connectivity index (χ1n) is 5.67. The molecular formula is C15H11FO3. The third-order valence-electron chi connectivity index (χ3n) is 2.67. The Kier molecular flexibility index (Phi) is 3.71. The van der Waals surface area contributed by atoms with E-state index in [1.54, 1.807) is 36.4 Å². The summed E-state index contributed by atoms with van der Waals surface area (Å²) in [5, 5.41) is 8.60. The Labute approximate surface area is 109 Å². The van der Waals surface area contributed by atoms with Crippen LogP contribution in [0.25, 0.3) is 11.1 Å². The molecule has 0 amide bonds. The molecule has 2 aromatic carbocycles. The van der Waals surface area contributed by atoms with Crippen LogP contribution in [0.4, 0.5) is 4.39 Å². The molecule has 0 aliphatic carbocycles. The van der Waals surface area contributed by atoms with Crippen LogP contribution in [0.15, 0.2) is 48.5 Å². The van der Waals surface area contributed by atoms with Crippen molar-refractivity contribution in [1.82, 2.24) is 0 Å². The van der Waals surface area contributed by atoms with Crippen LogP contribution in [-0.4, -0.2) is 16.9 Å². The van der Waals surface area contributed by atoms with Gasteiger partial charge in [0.25, 0.3) is 0 Å². The van der Waals surface area contributed by atoms with Gasteiger partial charge in [0.15, 0.2) is 5.78 Å². The number of halogens is 1. The number of carboxylic acids is 1. The molecule has 0 heterocycles. The summed E-state index contributed by atoms with van der Waals surface area (Å²) >= 11 is 0. The van der Waals surface area contributed by atoms with E-state index < -0.39 is 18.2 Å². The van der Waals surface area contributed by atoms with Crippen LogP contribution in [-0.2, 0) is 4.79 Å². The van der Waals surface area contributed by atoms with Gasteiger partial charge in [-0.15, -0.1) is 0 Å². The van der Waals surface area contributed by atoms with Gasteiger partial charge in [-0.2, -0.15) is 0 Å². The van der Waals surface area contributed by atoms with Gasteiger partial charge in [0.1, 0.15) is 12.2 Å². The molecule has 2 rings (SSSR count). The molecule has 0 aromatic heterocycles. The molecule has 0 bridgehead atoms. The quantitative estimate of drug-likeness (QED) is 0.677. The molecule has 96 valence electrons. The fourth-order valence-corrected chi connectivity index (χ4v) is 1.75. The molecule has 0 saturated heterocycles. The first-order valence-corrected chi connectivity index (χ1v) is 5.67. The Bertz CT molecular complexity index is 618. The zero-order chi connectivity index (χ0) is 13.8. The summed E-state index contributed by atoms with van der Waals surface area (Å²) in [6.45, 7) is 0. The SMILES string of the molecule is O=C(O)CC(=O)c1cccc(-c2ccc(F)cc2)c1. The fourth-order valence-electron chi connectivity index (χ4n) is 1.75. The Morgan fingerprint density at radius 2 is 1.68 bits per heavy atom. The number of carboxylic acid groups (broad SMARTS) is 1. The topological polar surface area (TPSA) is 54.4 Å². The third-order valence-corrected chi connectivity index (χ3v) is 2.67. The minimum Gasteiger partial charge on any atom is -0.481 e. The molecule has 3 nitrogen and oxygen atoms in total. The first-order chi connectivity index (χ1) is 9.06. The van der Waals surface area contributed by atoms with E-state index in [0.29, 0.717) is 5.56 Å². The average molecular weight is 258 g/mol. The number of Topliss-reactive ketones (excluding diaryl/α,β-unsaturated/α-hetero) is 1. The normalized spacial score (nSPS) is 10.2. The van der Waals surface area contributed by atoms with E-state index in [1.807, 2.05) is 0 Å². The monoisotopic (exact) mass is 258 g/mol. The van der Waals surface area contributed by atoms with Crippen molar-refractivity contribution < 1.29 is 19.1 Å². The van der Waals surface area contributed by atoms with Crippen molar-refractivity contribution in [3.05, 3.63) is 59.9 Å². The van der Waals surface area contributed by atoms with Gasteiger partial charge in [0, 0.05) is 5.56 Å². The molecule has 4 heteroatoms. The van der Waals surface area contributed by atoms with Crippen molar-refractivity contribution in [1.29, 1.82) is 0 Å². The van der Waals surface area contributed by atoms with Gasteiger partial charge in [-0.05, 0) is 29.3 Å². The summed E-state index contributed by atoms with van der Waals surface area (Å²) < 4.78 is 12.8. The first kappa shape index (κ1) is 13.0. The van der Waals surface area contributed by atoms with Crippen LogP contribution in [0, 0.1) is 5.82 Å². The lowest BCUT2D eigenvalue weighted by molar-refractivity contribution is -0.135. The number of aliphatic carboxylic acids is 1.